The summed E-state index contributed by atoms with van der Waals surface area (Å²) in [6.07, 6.45) is 6.90. The first-order chi connectivity index (χ1) is 8.75. The number of fused-ring (bicyclic) bond motifs is 1. The summed E-state index contributed by atoms with van der Waals surface area (Å²) in [6.45, 7) is 4.13. The molecule has 1 aromatic rings. The minimum absolute atomic E-state index is 0.239. The van der Waals surface area contributed by atoms with Gasteiger partial charge in [-0.2, -0.15) is 0 Å². The molecule has 2 heterocycles. The van der Waals surface area contributed by atoms with Gasteiger partial charge in [0, 0.05) is 30.1 Å². The SMILES string of the molecule is Cc1cc2c(n1CCC1CCCO1)CCCC2O. The summed E-state index contributed by atoms with van der Waals surface area (Å²) in [4.78, 5) is 0. The molecule has 2 aliphatic rings. The Labute approximate surface area is 109 Å². The van der Waals surface area contributed by atoms with E-state index in [1.807, 2.05) is 0 Å². The zero-order valence-electron chi connectivity index (χ0n) is 11.2. The second-order valence-electron chi connectivity index (χ2n) is 5.67. The van der Waals surface area contributed by atoms with Crippen LogP contribution in [-0.4, -0.2) is 22.4 Å². The van der Waals surface area contributed by atoms with Crippen LogP contribution in [0.25, 0.3) is 0 Å². The molecule has 2 unspecified atom stereocenters. The summed E-state index contributed by atoms with van der Waals surface area (Å²) in [6, 6.07) is 2.18. The predicted molar refractivity (Wildman–Crippen MR) is 70.7 cm³/mol. The third kappa shape index (κ3) is 2.21. The quantitative estimate of drug-likeness (QED) is 0.893. The molecule has 0 saturated carbocycles. The topological polar surface area (TPSA) is 34.4 Å². The fraction of sp³-hybridized carbons (Fsp3) is 0.733. The molecule has 1 aliphatic heterocycles. The number of aryl methyl sites for hydroxylation is 1. The molecule has 18 heavy (non-hydrogen) atoms. The Hall–Kier alpha value is -0.800. The molecule has 2 atom stereocenters. The van der Waals surface area contributed by atoms with Gasteiger partial charge in [-0.05, 0) is 51.5 Å². The maximum absolute atomic E-state index is 10.0. The van der Waals surface area contributed by atoms with E-state index >= 15 is 0 Å². The molecular weight excluding hydrogens is 226 g/mol. The van der Waals surface area contributed by atoms with Crippen molar-refractivity contribution in [3.63, 3.8) is 0 Å². The molecule has 0 amide bonds. The summed E-state index contributed by atoms with van der Waals surface area (Å²) in [5, 5.41) is 10.0. The van der Waals surface area contributed by atoms with Crippen molar-refractivity contribution in [2.45, 2.75) is 64.2 Å². The predicted octanol–water partition coefficient (Wildman–Crippen LogP) is 2.74. The van der Waals surface area contributed by atoms with E-state index in [0.717, 1.165) is 38.8 Å². The molecule has 1 aromatic heterocycles. The van der Waals surface area contributed by atoms with Crippen molar-refractivity contribution >= 4 is 0 Å². The zero-order valence-corrected chi connectivity index (χ0v) is 11.2. The molecule has 0 bridgehead atoms. The molecule has 3 heteroatoms. The van der Waals surface area contributed by atoms with Crippen LogP contribution in [-0.2, 0) is 17.7 Å². The number of hydrogen-bond donors (Lipinski definition) is 1. The van der Waals surface area contributed by atoms with E-state index in [-0.39, 0.29) is 6.10 Å². The Bertz CT molecular complexity index is 418. The maximum Gasteiger partial charge on any atom is 0.0807 e. The molecule has 1 fully saturated rings. The Kier molecular flexibility index (Phi) is 3.44. The summed E-state index contributed by atoms with van der Waals surface area (Å²) in [7, 11) is 0. The van der Waals surface area contributed by atoms with Crippen molar-refractivity contribution in [1.82, 2.24) is 4.57 Å². The van der Waals surface area contributed by atoms with Gasteiger partial charge in [0.1, 0.15) is 0 Å². The van der Waals surface area contributed by atoms with Crippen molar-refractivity contribution in [3.05, 3.63) is 23.0 Å². The first-order valence-electron chi connectivity index (χ1n) is 7.24. The number of hydrogen-bond acceptors (Lipinski definition) is 2. The maximum atomic E-state index is 10.0. The van der Waals surface area contributed by atoms with Crippen LogP contribution in [0, 0.1) is 6.92 Å². The van der Waals surface area contributed by atoms with Gasteiger partial charge in [-0.3, -0.25) is 0 Å². The lowest BCUT2D eigenvalue weighted by atomic mass is 9.95. The van der Waals surface area contributed by atoms with Crippen LogP contribution in [0.4, 0.5) is 0 Å². The zero-order chi connectivity index (χ0) is 12.5. The molecule has 0 radical (unpaired) electrons. The number of nitrogens with zero attached hydrogens (tertiary/aromatic N) is 1. The van der Waals surface area contributed by atoms with E-state index in [0.29, 0.717) is 6.10 Å². The van der Waals surface area contributed by atoms with E-state index in [2.05, 4.69) is 17.6 Å². The number of aliphatic hydroxyl groups is 1. The van der Waals surface area contributed by atoms with Crippen molar-refractivity contribution in [2.75, 3.05) is 6.61 Å². The van der Waals surface area contributed by atoms with Gasteiger partial charge < -0.3 is 14.4 Å². The average Bonchev–Trinajstić information content (AvgIpc) is 2.95. The fourth-order valence-electron chi connectivity index (χ4n) is 3.40. The lowest BCUT2D eigenvalue weighted by Crippen LogP contribution is -2.15. The van der Waals surface area contributed by atoms with Crippen molar-refractivity contribution in [1.29, 1.82) is 0 Å². The van der Waals surface area contributed by atoms with Gasteiger partial charge in [-0.1, -0.05) is 0 Å². The second kappa shape index (κ2) is 5.06. The van der Waals surface area contributed by atoms with Crippen LogP contribution < -0.4 is 0 Å². The largest absolute Gasteiger partial charge is 0.388 e. The molecular formula is C15H23NO2. The molecule has 3 rings (SSSR count). The van der Waals surface area contributed by atoms with Crippen LogP contribution in [0.15, 0.2) is 6.07 Å². The Morgan fingerprint density at radius 1 is 1.39 bits per heavy atom. The van der Waals surface area contributed by atoms with E-state index in [4.69, 9.17) is 4.74 Å². The van der Waals surface area contributed by atoms with Gasteiger partial charge in [0.25, 0.3) is 0 Å². The van der Waals surface area contributed by atoms with Gasteiger partial charge >= 0.3 is 0 Å². The average molecular weight is 249 g/mol. The molecule has 1 aliphatic carbocycles. The van der Waals surface area contributed by atoms with Crippen LogP contribution in [0.3, 0.4) is 0 Å². The lowest BCUT2D eigenvalue weighted by molar-refractivity contribution is 0.0998. The molecule has 1 saturated heterocycles. The van der Waals surface area contributed by atoms with Crippen molar-refractivity contribution in [3.8, 4) is 0 Å². The van der Waals surface area contributed by atoms with Gasteiger partial charge in [-0.15, -0.1) is 0 Å². The van der Waals surface area contributed by atoms with Gasteiger partial charge in [0.2, 0.25) is 0 Å². The highest BCUT2D eigenvalue weighted by Gasteiger charge is 2.23. The highest BCUT2D eigenvalue weighted by Crippen LogP contribution is 2.32. The van der Waals surface area contributed by atoms with Gasteiger partial charge in [0.15, 0.2) is 0 Å². The summed E-state index contributed by atoms with van der Waals surface area (Å²) in [5.74, 6) is 0. The van der Waals surface area contributed by atoms with Crippen LogP contribution >= 0.6 is 0 Å². The molecule has 100 valence electrons. The van der Waals surface area contributed by atoms with E-state index in [1.54, 1.807) is 0 Å². The number of ether oxygens (including phenoxy) is 1. The lowest BCUT2D eigenvalue weighted by Gasteiger charge is -2.21. The third-order valence-electron chi connectivity index (χ3n) is 4.40. The van der Waals surface area contributed by atoms with Crippen LogP contribution in [0.2, 0.25) is 0 Å². The fourth-order valence-corrected chi connectivity index (χ4v) is 3.40. The van der Waals surface area contributed by atoms with E-state index in [9.17, 15) is 5.11 Å². The second-order valence-corrected chi connectivity index (χ2v) is 5.67. The highest BCUT2D eigenvalue weighted by molar-refractivity contribution is 5.31. The normalized spacial score (nSPS) is 27.4. The minimum Gasteiger partial charge on any atom is -0.388 e. The highest BCUT2D eigenvalue weighted by atomic mass is 16.5. The number of rotatable bonds is 3. The van der Waals surface area contributed by atoms with Crippen molar-refractivity contribution < 1.29 is 9.84 Å². The molecule has 0 spiro atoms. The van der Waals surface area contributed by atoms with Crippen LogP contribution in [0.1, 0.15) is 55.2 Å². The van der Waals surface area contributed by atoms with Gasteiger partial charge in [-0.25, -0.2) is 0 Å². The Morgan fingerprint density at radius 2 is 2.28 bits per heavy atom. The number of aliphatic hydroxyl groups excluding tert-OH is 1. The van der Waals surface area contributed by atoms with E-state index < -0.39 is 0 Å². The Balaban J connectivity index is 1.74. The Morgan fingerprint density at radius 3 is 3.06 bits per heavy atom. The molecule has 3 nitrogen and oxygen atoms in total. The molecule has 0 aromatic carbocycles. The number of aromatic nitrogens is 1. The van der Waals surface area contributed by atoms with Gasteiger partial charge in [0.05, 0.1) is 12.2 Å². The minimum atomic E-state index is -0.239. The van der Waals surface area contributed by atoms with E-state index in [1.165, 1.54) is 29.8 Å². The third-order valence-corrected chi connectivity index (χ3v) is 4.40. The first kappa shape index (κ1) is 12.2. The molecule has 1 N–H and O–H groups in total. The monoisotopic (exact) mass is 249 g/mol. The summed E-state index contributed by atoms with van der Waals surface area (Å²) < 4.78 is 8.10. The standard InChI is InChI=1S/C15H23NO2/c1-11-10-13-14(5-2-6-15(13)17)16(11)8-7-12-4-3-9-18-12/h10,12,15,17H,2-9H2,1H3. The summed E-state index contributed by atoms with van der Waals surface area (Å²) >= 11 is 0. The van der Waals surface area contributed by atoms with Crippen molar-refractivity contribution in [2.24, 2.45) is 0 Å². The smallest absolute Gasteiger partial charge is 0.0807 e. The summed E-state index contributed by atoms with van der Waals surface area (Å²) in [5.41, 5.74) is 3.83. The van der Waals surface area contributed by atoms with Crippen LogP contribution in [0.5, 0.6) is 0 Å². The first-order valence-corrected chi connectivity index (χ1v) is 7.24.